The molecule has 0 amide bonds. The van der Waals surface area contributed by atoms with E-state index in [0.717, 1.165) is 35.6 Å². The highest BCUT2D eigenvalue weighted by Gasteiger charge is 2.28. The molecule has 37 heavy (non-hydrogen) atoms. The van der Waals surface area contributed by atoms with Crippen LogP contribution in [0.15, 0.2) is 42.5 Å². The summed E-state index contributed by atoms with van der Waals surface area (Å²) >= 11 is 0. The number of hydrogen-bond donors (Lipinski definition) is 2. The van der Waals surface area contributed by atoms with Crippen LogP contribution in [-0.2, 0) is 11.2 Å². The van der Waals surface area contributed by atoms with Crippen LogP contribution in [0.1, 0.15) is 49.2 Å². The zero-order valence-electron chi connectivity index (χ0n) is 21.6. The van der Waals surface area contributed by atoms with E-state index in [1.807, 2.05) is 45.9 Å². The van der Waals surface area contributed by atoms with Crippen LogP contribution in [-0.4, -0.2) is 28.5 Å². The lowest BCUT2D eigenvalue weighted by atomic mass is 9.93. The fraction of sp³-hybridized carbons (Fsp3) is 0.370. The van der Waals surface area contributed by atoms with Gasteiger partial charge in [-0.2, -0.15) is 4.98 Å². The Balaban J connectivity index is 0.00000241. The van der Waals surface area contributed by atoms with Crippen LogP contribution in [0.2, 0.25) is 0 Å². The number of halogens is 3. The number of rotatable bonds is 6. The normalized spacial score (nSPS) is 15.2. The van der Waals surface area contributed by atoms with Crippen molar-refractivity contribution in [2.24, 2.45) is 11.7 Å². The molecule has 0 saturated carbocycles. The molecule has 1 aliphatic heterocycles. The van der Waals surface area contributed by atoms with Crippen molar-refractivity contribution in [1.29, 1.82) is 0 Å². The van der Waals surface area contributed by atoms with Gasteiger partial charge in [-0.3, -0.25) is 0 Å². The average Bonchev–Trinajstić information content (AvgIpc) is 2.83. The third-order valence-corrected chi connectivity index (χ3v) is 6.60. The fourth-order valence-corrected chi connectivity index (χ4v) is 4.21. The Morgan fingerprint density at radius 3 is 2.46 bits per heavy atom. The standard InChI is InChI=1S/C27H32FN5O2.2ClH/c1-15(2)24(29)26(34)35-22-11-6-19-12-13-33(18(5)23(19)14-22)25-16(3)17(4)30-27(32-25)31-21-9-7-20(28)8-10-21;;/h6-11,14-15,18,24H,12-13,29H2,1-5H3,(H,30,31,32);2*1H. The number of aryl methyl sites for hydroxylation is 1. The molecule has 3 aromatic rings. The number of fused-ring (bicyclic) bond motifs is 1. The lowest BCUT2D eigenvalue weighted by Crippen LogP contribution is -2.38. The van der Waals surface area contributed by atoms with E-state index in [-0.39, 0.29) is 42.6 Å². The smallest absolute Gasteiger partial charge is 0.328 e. The van der Waals surface area contributed by atoms with Crippen LogP contribution >= 0.6 is 24.8 Å². The molecule has 0 radical (unpaired) electrons. The quantitative estimate of drug-likeness (QED) is 0.295. The van der Waals surface area contributed by atoms with Crippen LogP contribution in [0.5, 0.6) is 5.75 Å². The van der Waals surface area contributed by atoms with Gasteiger partial charge in [0.2, 0.25) is 5.95 Å². The second-order valence-electron chi connectivity index (χ2n) is 9.38. The summed E-state index contributed by atoms with van der Waals surface area (Å²) in [7, 11) is 0. The first-order chi connectivity index (χ1) is 16.6. The number of esters is 1. The van der Waals surface area contributed by atoms with Crippen LogP contribution in [0.3, 0.4) is 0 Å². The number of benzene rings is 2. The number of aromatic nitrogens is 2. The molecular weight excluding hydrogens is 516 g/mol. The number of nitrogens with zero attached hydrogens (tertiary/aromatic N) is 3. The highest BCUT2D eigenvalue weighted by Crippen LogP contribution is 2.37. The number of carbonyl (C=O) groups is 1. The molecule has 0 saturated heterocycles. The van der Waals surface area contributed by atoms with E-state index in [1.54, 1.807) is 12.1 Å². The minimum atomic E-state index is -0.668. The molecule has 0 spiro atoms. The van der Waals surface area contributed by atoms with Gasteiger partial charge in [-0.1, -0.05) is 19.9 Å². The molecule has 7 nitrogen and oxygen atoms in total. The van der Waals surface area contributed by atoms with Crippen LogP contribution in [0.4, 0.5) is 21.8 Å². The van der Waals surface area contributed by atoms with Crippen molar-refractivity contribution in [3.63, 3.8) is 0 Å². The summed E-state index contributed by atoms with van der Waals surface area (Å²) in [5, 5.41) is 3.18. The number of carbonyl (C=O) groups excluding carboxylic acids is 1. The first kappa shape index (κ1) is 30.3. The maximum atomic E-state index is 13.3. The van der Waals surface area contributed by atoms with Crippen LogP contribution in [0.25, 0.3) is 0 Å². The lowest BCUT2D eigenvalue weighted by molar-refractivity contribution is -0.136. The predicted octanol–water partition coefficient (Wildman–Crippen LogP) is 5.83. The second kappa shape index (κ2) is 12.5. The Bertz CT molecular complexity index is 1240. The van der Waals surface area contributed by atoms with E-state index in [0.29, 0.717) is 17.4 Å². The first-order valence-corrected chi connectivity index (χ1v) is 11.9. The summed E-state index contributed by atoms with van der Waals surface area (Å²) in [5.74, 6) is 1.06. The molecule has 3 N–H and O–H groups in total. The van der Waals surface area contributed by atoms with E-state index < -0.39 is 12.0 Å². The number of nitrogens with two attached hydrogens (primary N) is 1. The van der Waals surface area contributed by atoms with E-state index in [4.69, 9.17) is 15.5 Å². The van der Waals surface area contributed by atoms with Gasteiger partial charge in [0, 0.05) is 23.5 Å². The highest BCUT2D eigenvalue weighted by molar-refractivity contribution is 5.85. The third-order valence-electron chi connectivity index (χ3n) is 6.60. The van der Waals surface area contributed by atoms with Crippen molar-refractivity contribution in [3.8, 4) is 5.75 Å². The molecule has 4 rings (SSSR count). The molecule has 2 unspecified atom stereocenters. The number of hydrogen-bond acceptors (Lipinski definition) is 7. The Labute approximate surface area is 229 Å². The Hall–Kier alpha value is -2.94. The van der Waals surface area contributed by atoms with E-state index in [1.165, 1.54) is 17.7 Å². The van der Waals surface area contributed by atoms with Gasteiger partial charge in [-0.15, -0.1) is 24.8 Å². The van der Waals surface area contributed by atoms with Gasteiger partial charge in [0.05, 0.1) is 6.04 Å². The molecule has 10 heteroatoms. The van der Waals surface area contributed by atoms with Gasteiger partial charge in [0.15, 0.2) is 0 Å². The minimum Gasteiger partial charge on any atom is -0.425 e. The van der Waals surface area contributed by atoms with Crippen molar-refractivity contribution in [1.82, 2.24) is 9.97 Å². The minimum absolute atomic E-state index is 0. The van der Waals surface area contributed by atoms with Crippen molar-refractivity contribution < 1.29 is 13.9 Å². The zero-order valence-corrected chi connectivity index (χ0v) is 23.3. The summed E-state index contributed by atoms with van der Waals surface area (Å²) in [6, 6.07) is 11.2. The summed E-state index contributed by atoms with van der Waals surface area (Å²) in [6.07, 6.45) is 0.836. The average molecular weight is 551 g/mol. The highest BCUT2D eigenvalue weighted by atomic mass is 35.5. The van der Waals surface area contributed by atoms with Gasteiger partial charge in [-0.05, 0) is 80.6 Å². The predicted molar refractivity (Wildman–Crippen MR) is 150 cm³/mol. The van der Waals surface area contributed by atoms with Crippen LogP contribution in [0, 0.1) is 25.6 Å². The summed E-state index contributed by atoms with van der Waals surface area (Å²) in [6.45, 7) is 10.7. The molecular formula is C27H34Cl2FN5O2. The van der Waals surface area contributed by atoms with Crippen molar-refractivity contribution >= 4 is 48.2 Å². The molecule has 0 fully saturated rings. The molecule has 200 valence electrons. The van der Waals surface area contributed by atoms with E-state index in [9.17, 15) is 9.18 Å². The van der Waals surface area contributed by atoms with Gasteiger partial charge in [-0.25, -0.2) is 14.2 Å². The van der Waals surface area contributed by atoms with Gasteiger partial charge in [0.1, 0.15) is 23.4 Å². The first-order valence-electron chi connectivity index (χ1n) is 11.9. The topological polar surface area (TPSA) is 93.4 Å². The van der Waals surface area contributed by atoms with Gasteiger partial charge in [0.25, 0.3) is 0 Å². The molecule has 0 bridgehead atoms. The fourth-order valence-electron chi connectivity index (χ4n) is 4.21. The summed E-state index contributed by atoms with van der Waals surface area (Å²) in [4.78, 5) is 24.0. The molecule has 1 aliphatic rings. The van der Waals surface area contributed by atoms with Crippen molar-refractivity contribution in [2.75, 3.05) is 16.8 Å². The SMILES string of the molecule is Cc1nc(Nc2ccc(F)cc2)nc(N2CCc3ccc(OC(=O)C(N)C(C)C)cc3C2C)c1C.Cl.Cl. The van der Waals surface area contributed by atoms with Crippen molar-refractivity contribution in [3.05, 3.63) is 70.7 Å². The molecule has 2 heterocycles. The number of ether oxygens (including phenoxy) is 1. The van der Waals surface area contributed by atoms with Gasteiger partial charge < -0.3 is 20.7 Å². The second-order valence-corrected chi connectivity index (χ2v) is 9.38. The zero-order chi connectivity index (χ0) is 25.3. The number of nitrogens with one attached hydrogen (secondary N) is 1. The molecule has 2 aromatic carbocycles. The molecule has 0 aliphatic carbocycles. The van der Waals surface area contributed by atoms with E-state index in [2.05, 4.69) is 22.1 Å². The lowest BCUT2D eigenvalue weighted by Gasteiger charge is -2.37. The third kappa shape index (κ3) is 6.69. The van der Waals surface area contributed by atoms with Crippen LogP contribution < -0.4 is 20.7 Å². The monoisotopic (exact) mass is 549 g/mol. The molecule has 2 atom stereocenters. The Morgan fingerprint density at radius 1 is 1.14 bits per heavy atom. The van der Waals surface area contributed by atoms with E-state index >= 15 is 0 Å². The maximum absolute atomic E-state index is 13.3. The Morgan fingerprint density at radius 2 is 1.81 bits per heavy atom. The number of anilines is 3. The Kier molecular flexibility index (Phi) is 10.3. The van der Waals surface area contributed by atoms with Crippen molar-refractivity contribution in [2.45, 2.75) is 53.1 Å². The van der Waals surface area contributed by atoms with Gasteiger partial charge >= 0.3 is 5.97 Å². The summed E-state index contributed by atoms with van der Waals surface area (Å²) in [5.41, 5.74) is 10.8. The largest absolute Gasteiger partial charge is 0.425 e. The summed E-state index contributed by atoms with van der Waals surface area (Å²) < 4.78 is 18.9. The molecule has 1 aromatic heterocycles. The maximum Gasteiger partial charge on any atom is 0.328 e.